The van der Waals surface area contributed by atoms with Gasteiger partial charge in [0.05, 0.1) is 53.4 Å². The van der Waals surface area contributed by atoms with Crippen LogP contribution in [0.1, 0.15) is 0 Å². The molecule has 1 aromatic carbocycles. The maximum Gasteiger partial charge on any atom is 0.323 e. The van der Waals surface area contributed by atoms with Crippen molar-refractivity contribution in [3.63, 3.8) is 0 Å². The molecule has 0 atom stereocenters. The number of para-hydroxylation sites is 1. The number of ether oxygens (including phenoxy) is 1. The van der Waals surface area contributed by atoms with E-state index in [1.54, 1.807) is 29.5 Å². The number of benzene rings is 1. The second kappa shape index (κ2) is 8.28. The molecule has 3 heterocycles. The number of hydrogen-bond acceptors (Lipinski definition) is 5. The lowest BCUT2D eigenvalue weighted by Gasteiger charge is -2.31. The number of nitrogens with zero attached hydrogens (tertiary/aromatic N) is 4. The Morgan fingerprint density at radius 1 is 1.11 bits per heavy atom. The van der Waals surface area contributed by atoms with Crippen LogP contribution in [-0.4, -0.2) is 47.1 Å². The summed E-state index contributed by atoms with van der Waals surface area (Å²) in [5.74, 6) is 0. The van der Waals surface area contributed by atoms with Crippen LogP contribution in [0.3, 0.4) is 0 Å². The minimum Gasteiger partial charge on any atom is -0.378 e. The van der Waals surface area contributed by atoms with Crippen molar-refractivity contribution in [3.05, 3.63) is 60.1 Å². The van der Waals surface area contributed by atoms with E-state index in [1.807, 2.05) is 30.3 Å². The molecule has 3 aromatic rings. The Labute approximate surface area is 167 Å². The Kier molecular flexibility index (Phi) is 5.41. The van der Waals surface area contributed by atoms with Crippen molar-refractivity contribution in [3.8, 4) is 5.69 Å². The monoisotopic (exact) mass is 398 g/mol. The fraction of sp³-hybridized carbons (Fsp3) is 0.211. The first-order valence-electron chi connectivity index (χ1n) is 8.85. The van der Waals surface area contributed by atoms with E-state index in [1.165, 1.54) is 0 Å². The summed E-state index contributed by atoms with van der Waals surface area (Å²) in [5, 5.41) is 10.5. The molecule has 0 spiro atoms. The van der Waals surface area contributed by atoms with Crippen molar-refractivity contribution in [1.82, 2.24) is 14.8 Å². The third kappa shape index (κ3) is 4.08. The van der Waals surface area contributed by atoms with Gasteiger partial charge in [-0.05, 0) is 24.3 Å². The van der Waals surface area contributed by atoms with Crippen LogP contribution in [0.5, 0.6) is 0 Å². The molecule has 8 nitrogen and oxygen atoms in total. The first-order chi connectivity index (χ1) is 13.7. The van der Waals surface area contributed by atoms with Crippen LogP contribution in [-0.2, 0) is 4.74 Å². The molecule has 2 N–H and O–H groups in total. The van der Waals surface area contributed by atoms with Crippen molar-refractivity contribution >= 4 is 34.7 Å². The SMILES string of the molecule is O=C(Nc1cnn(-c2ccncc2)c1)Nc1cccc(Cl)c1N1CCOCC1. The van der Waals surface area contributed by atoms with E-state index in [0.717, 1.165) is 24.5 Å². The fourth-order valence-corrected chi connectivity index (χ4v) is 3.33. The molecular formula is C19H19ClN6O2. The first-order valence-corrected chi connectivity index (χ1v) is 9.23. The van der Waals surface area contributed by atoms with E-state index < -0.39 is 0 Å². The molecule has 1 aliphatic heterocycles. The number of amides is 2. The van der Waals surface area contributed by atoms with Crippen molar-refractivity contribution in [2.75, 3.05) is 41.8 Å². The zero-order chi connectivity index (χ0) is 19.3. The molecule has 144 valence electrons. The minimum atomic E-state index is -0.369. The molecule has 1 saturated heterocycles. The molecule has 2 aromatic heterocycles. The maximum atomic E-state index is 12.5. The molecule has 0 bridgehead atoms. The van der Waals surface area contributed by atoms with Gasteiger partial charge < -0.3 is 20.3 Å². The number of morpholine rings is 1. The van der Waals surface area contributed by atoms with Crippen molar-refractivity contribution in [1.29, 1.82) is 0 Å². The topological polar surface area (TPSA) is 84.3 Å². The van der Waals surface area contributed by atoms with Gasteiger partial charge in [0.25, 0.3) is 0 Å². The first kappa shape index (κ1) is 18.3. The lowest BCUT2D eigenvalue weighted by atomic mass is 10.2. The Morgan fingerprint density at radius 3 is 2.68 bits per heavy atom. The Morgan fingerprint density at radius 2 is 1.89 bits per heavy atom. The average molecular weight is 399 g/mol. The minimum absolute atomic E-state index is 0.369. The molecule has 1 aliphatic rings. The number of aromatic nitrogens is 3. The van der Waals surface area contributed by atoms with Crippen molar-refractivity contribution in [2.45, 2.75) is 0 Å². The van der Waals surface area contributed by atoms with E-state index in [-0.39, 0.29) is 6.03 Å². The van der Waals surface area contributed by atoms with Gasteiger partial charge in [0.1, 0.15) is 0 Å². The molecule has 0 aliphatic carbocycles. The Bertz CT molecular complexity index is 956. The standard InChI is InChI=1S/C19H19ClN6O2/c20-16-2-1-3-17(18(16)25-8-10-28-11-9-25)24-19(27)23-14-12-22-26(13-14)15-4-6-21-7-5-15/h1-7,12-13H,8-11H2,(H2,23,24,27). The largest absolute Gasteiger partial charge is 0.378 e. The summed E-state index contributed by atoms with van der Waals surface area (Å²) in [7, 11) is 0. The van der Waals surface area contributed by atoms with Gasteiger partial charge in [-0.15, -0.1) is 0 Å². The molecule has 4 rings (SSSR count). The zero-order valence-corrected chi connectivity index (χ0v) is 15.8. The second-order valence-electron chi connectivity index (χ2n) is 6.19. The maximum absolute atomic E-state index is 12.5. The molecule has 2 amide bonds. The highest BCUT2D eigenvalue weighted by atomic mass is 35.5. The molecule has 28 heavy (non-hydrogen) atoms. The summed E-state index contributed by atoms with van der Waals surface area (Å²) < 4.78 is 7.06. The van der Waals surface area contributed by atoms with Gasteiger partial charge >= 0.3 is 6.03 Å². The molecule has 9 heteroatoms. The number of urea groups is 1. The summed E-state index contributed by atoms with van der Waals surface area (Å²) in [6, 6.07) is 8.74. The summed E-state index contributed by atoms with van der Waals surface area (Å²) >= 11 is 6.40. The lowest BCUT2D eigenvalue weighted by molar-refractivity contribution is 0.123. The van der Waals surface area contributed by atoms with Crippen LogP contribution >= 0.6 is 11.6 Å². The van der Waals surface area contributed by atoms with Gasteiger partial charge in [0, 0.05) is 25.5 Å². The third-order valence-electron chi connectivity index (χ3n) is 4.33. The molecule has 0 unspecified atom stereocenters. The van der Waals surface area contributed by atoms with E-state index in [0.29, 0.717) is 29.6 Å². The van der Waals surface area contributed by atoms with E-state index >= 15 is 0 Å². The van der Waals surface area contributed by atoms with Crippen LogP contribution in [0.4, 0.5) is 21.9 Å². The van der Waals surface area contributed by atoms with Gasteiger partial charge in [-0.3, -0.25) is 4.98 Å². The normalized spacial score (nSPS) is 14.0. The number of anilines is 3. The number of pyridine rings is 1. The van der Waals surface area contributed by atoms with Gasteiger partial charge in [0.15, 0.2) is 0 Å². The summed E-state index contributed by atoms with van der Waals surface area (Å²) in [5.41, 5.74) is 2.88. The number of nitrogens with one attached hydrogen (secondary N) is 2. The molecular weight excluding hydrogens is 380 g/mol. The lowest BCUT2D eigenvalue weighted by Crippen LogP contribution is -2.37. The van der Waals surface area contributed by atoms with E-state index in [9.17, 15) is 4.79 Å². The van der Waals surface area contributed by atoms with Crippen LogP contribution in [0.2, 0.25) is 5.02 Å². The predicted octanol–water partition coefficient (Wildman–Crippen LogP) is 3.40. The van der Waals surface area contributed by atoms with Gasteiger partial charge in [-0.2, -0.15) is 5.10 Å². The fourth-order valence-electron chi connectivity index (χ4n) is 3.03. The number of rotatable bonds is 4. The third-order valence-corrected chi connectivity index (χ3v) is 4.64. The highest BCUT2D eigenvalue weighted by Crippen LogP contribution is 2.34. The quantitative estimate of drug-likeness (QED) is 0.703. The zero-order valence-electron chi connectivity index (χ0n) is 15.0. The predicted molar refractivity (Wildman–Crippen MR) is 108 cm³/mol. The second-order valence-corrected chi connectivity index (χ2v) is 6.60. The van der Waals surface area contributed by atoms with Crippen LogP contribution < -0.4 is 15.5 Å². The molecule has 0 radical (unpaired) electrons. The average Bonchev–Trinajstić information content (AvgIpc) is 3.18. The van der Waals surface area contributed by atoms with Gasteiger partial charge in [-0.25, -0.2) is 9.48 Å². The van der Waals surface area contributed by atoms with Gasteiger partial charge in [-0.1, -0.05) is 17.7 Å². The van der Waals surface area contributed by atoms with Gasteiger partial charge in [0.2, 0.25) is 0 Å². The summed E-state index contributed by atoms with van der Waals surface area (Å²) in [4.78, 5) is 18.6. The van der Waals surface area contributed by atoms with Crippen molar-refractivity contribution < 1.29 is 9.53 Å². The summed E-state index contributed by atoms with van der Waals surface area (Å²) in [6.07, 6.45) is 6.68. The van der Waals surface area contributed by atoms with E-state index in [2.05, 4.69) is 25.6 Å². The highest BCUT2D eigenvalue weighted by Gasteiger charge is 2.19. The summed E-state index contributed by atoms with van der Waals surface area (Å²) in [6.45, 7) is 2.70. The number of halogens is 1. The number of carbonyl (C=O) groups excluding carboxylic acids is 1. The molecule has 0 saturated carbocycles. The Hall–Kier alpha value is -3.10. The number of carbonyl (C=O) groups is 1. The van der Waals surface area contributed by atoms with Crippen LogP contribution in [0.15, 0.2) is 55.1 Å². The Balaban J connectivity index is 1.47. The van der Waals surface area contributed by atoms with Crippen LogP contribution in [0, 0.1) is 0 Å². The highest BCUT2D eigenvalue weighted by molar-refractivity contribution is 6.34. The smallest absolute Gasteiger partial charge is 0.323 e. The number of hydrogen-bond donors (Lipinski definition) is 2. The van der Waals surface area contributed by atoms with E-state index in [4.69, 9.17) is 16.3 Å². The molecule has 1 fully saturated rings. The van der Waals surface area contributed by atoms with Crippen LogP contribution in [0.25, 0.3) is 5.69 Å². The van der Waals surface area contributed by atoms with Crippen molar-refractivity contribution in [2.24, 2.45) is 0 Å².